The van der Waals surface area contributed by atoms with E-state index in [1.165, 1.54) is 19.3 Å². The van der Waals surface area contributed by atoms with E-state index in [9.17, 15) is 17.6 Å². The summed E-state index contributed by atoms with van der Waals surface area (Å²) < 4.78 is 65.9. The molecule has 2 aliphatic rings. The van der Waals surface area contributed by atoms with Gasteiger partial charge in [0.2, 0.25) is 5.96 Å². The molecule has 0 N–H and O–H groups in total. The number of rotatable bonds is 6. The van der Waals surface area contributed by atoms with Crippen LogP contribution in [0.25, 0.3) is 0 Å². The van der Waals surface area contributed by atoms with Crippen molar-refractivity contribution in [2.45, 2.75) is 6.18 Å². The topological polar surface area (TPSA) is 40.5 Å². The monoisotopic (exact) mass is 516 g/mol. The molecule has 1 saturated heterocycles. The van der Waals surface area contributed by atoms with E-state index in [2.05, 4.69) is 23.1 Å². The smallest absolute Gasteiger partial charge is 0.416 e. The van der Waals surface area contributed by atoms with Crippen molar-refractivity contribution < 1.29 is 27.0 Å². The van der Waals surface area contributed by atoms with Crippen molar-refractivity contribution in [3.05, 3.63) is 84.4 Å². The van der Waals surface area contributed by atoms with Crippen LogP contribution in [0.15, 0.2) is 83.8 Å². The highest BCUT2D eigenvalue weighted by atomic mass is 19.4. The molecule has 0 amide bonds. The Bertz CT molecular complexity index is 1250. The number of aliphatic imine (C=N–C) groups is 1. The van der Waals surface area contributed by atoms with Gasteiger partial charge < -0.3 is 24.2 Å². The molecule has 37 heavy (non-hydrogen) atoms. The van der Waals surface area contributed by atoms with Gasteiger partial charge in [0.05, 0.1) is 32.0 Å². The van der Waals surface area contributed by atoms with Crippen LogP contribution in [0.2, 0.25) is 0 Å². The molecule has 0 atom stereocenters. The summed E-state index contributed by atoms with van der Waals surface area (Å²) >= 11 is 0. The van der Waals surface area contributed by atoms with Gasteiger partial charge in [0.25, 0.3) is 0 Å². The highest BCUT2D eigenvalue weighted by Crippen LogP contribution is 2.39. The van der Waals surface area contributed by atoms with Crippen LogP contribution in [0.1, 0.15) is 5.56 Å². The number of hydrogen-bond donors (Lipinski definition) is 0. The van der Waals surface area contributed by atoms with Gasteiger partial charge in [-0.25, -0.2) is 9.38 Å². The molecule has 0 spiro atoms. The first kappa shape index (κ1) is 26.1. The largest absolute Gasteiger partial charge is 0.497 e. The van der Waals surface area contributed by atoms with Crippen LogP contribution < -0.4 is 19.3 Å². The van der Waals surface area contributed by atoms with Crippen molar-refractivity contribution in [1.29, 1.82) is 0 Å². The molecule has 0 saturated carbocycles. The first-order chi connectivity index (χ1) is 17.7. The van der Waals surface area contributed by atoms with E-state index in [4.69, 9.17) is 9.47 Å². The molecule has 2 heterocycles. The van der Waals surface area contributed by atoms with E-state index in [0.717, 1.165) is 23.6 Å². The molecule has 1 fully saturated rings. The maximum Gasteiger partial charge on any atom is 0.416 e. The van der Waals surface area contributed by atoms with Gasteiger partial charge in [0.15, 0.2) is 0 Å². The molecule has 0 unspecified atom stereocenters. The Morgan fingerprint density at radius 1 is 1.00 bits per heavy atom. The predicted octanol–water partition coefficient (Wildman–Crippen LogP) is 5.64. The second kappa shape index (κ2) is 10.6. The number of allylic oxidation sites excluding steroid dienone is 1. The van der Waals surface area contributed by atoms with Crippen LogP contribution in [0.5, 0.6) is 11.5 Å². The van der Waals surface area contributed by atoms with Crippen molar-refractivity contribution in [3.8, 4) is 11.5 Å². The molecule has 0 aliphatic carbocycles. The third kappa shape index (κ3) is 5.42. The summed E-state index contributed by atoms with van der Waals surface area (Å²) in [5, 5.41) is 0. The van der Waals surface area contributed by atoms with Crippen molar-refractivity contribution in [2.24, 2.45) is 4.99 Å². The van der Waals surface area contributed by atoms with Gasteiger partial charge >= 0.3 is 6.18 Å². The minimum atomic E-state index is -4.55. The molecular formula is C27H28F4N4O2. The van der Waals surface area contributed by atoms with Gasteiger partial charge in [-0.2, -0.15) is 13.2 Å². The Balaban J connectivity index is 1.71. The lowest BCUT2D eigenvalue weighted by Gasteiger charge is -2.42. The lowest BCUT2D eigenvalue weighted by Crippen LogP contribution is -2.55. The SMILES string of the molecule is C=CC1=C(C(=C)F)N=C(N2CCN(c3cccc(OC)c3)CC2)N(c2cc(C(F)(F)F)ccc2OC)C1. The molecule has 10 heteroatoms. The summed E-state index contributed by atoms with van der Waals surface area (Å²) in [6.45, 7) is 9.41. The third-order valence-corrected chi connectivity index (χ3v) is 6.37. The Labute approximate surface area is 213 Å². The molecule has 0 radical (unpaired) electrons. The summed E-state index contributed by atoms with van der Waals surface area (Å²) in [6, 6.07) is 11.0. The lowest BCUT2D eigenvalue weighted by molar-refractivity contribution is -0.137. The van der Waals surface area contributed by atoms with Crippen molar-refractivity contribution in [1.82, 2.24) is 4.90 Å². The Kier molecular flexibility index (Phi) is 7.47. The first-order valence-corrected chi connectivity index (χ1v) is 11.6. The summed E-state index contributed by atoms with van der Waals surface area (Å²) in [7, 11) is 3.00. The summed E-state index contributed by atoms with van der Waals surface area (Å²) in [4.78, 5) is 10.3. The summed E-state index contributed by atoms with van der Waals surface area (Å²) in [5.41, 5.74) is 0.783. The number of alkyl halides is 3. The zero-order chi connectivity index (χ0) is 26.7. The zero-order valence-corrected chi connectivity index (χ0v) is 20.7. The molecule has 2 aromatic rings. The number of piperazine rings is 1. The Morgan fingerprint density at radius 3 is 2.30 bits per heavy atom. The summed E-state index contributed by atoms with van der Waals surface area (Å²) in [5.74, 6) is 0.564. The fraction of sp³-hybridized carbons (Fsp3) is 0.296. The number of hydrogen-bond acceptors (Lipinski definition) is 6. The first-order valence-electron chi connectivity index (χ1n) is 11.6. The Hall–Kier alpha value is -3.95. The highest BCUT2D eigenvalue weighted by Gasteiger charge is 2.35. The number of ether oxygens (including phenoxy) is 2. The minimum Gasteiger partial charge on any atom is -0.497 e. The summed E-state index contributed by atoms with van der Waals surface area (Å²) in [6.07, 6.45) is -3.11. The number of guanidine groups is 1. The van der Waals surface area contributed by atoms with Crippen LogP contribution in [-0.4, -0.2) is 57.8 Å². The number of benzene rings is 2. The fourth-order valence-corrected chi connectivity index (χ4v) is 4.43. The van der Waals surface area contributed by atoms with E-state index in [1.807, 2.05) is 29.2 Å². The minimum absolute atomic E-state index is 0.0300. The number of nitrogens with zero attached hydrogens (tertiary/aromatic N) is 4. The second-order valence-corrected chi connectivity index (χ2v) is 8.54. The van der Waals surface area contributed by atoms with E-state index in [1.54, 1.807) is 12.0 Å². The van der Waals surface area contributed by atoms with Crippen LogP contribution >= 0.6 is 0 Å². The average molecular weight is 517 g/mol. The molecule has 2 aliphatic heterocycles. The van der Waals surface area contributed by atoms with Crippen molar-refractivity contribution in [2.75, 3.05) is 56.7 Å². The standard InChI is InChI=1S/C27H28F4N4O2/c1-5-19-17-35(23-15-20(27(29,30)31)9-10-24(23)37-4)26(32-25(19)18(2)28)34-13-11-33(12-14-34)21-7-6-8-22(16-21)36-3/h5-10,15-16H,1-2,11-14,17H2,3-4H3. The molecule has 0 aromatic heterocycles. The van der Waals surface area contributed by atoms with Crippen LogP contribution in [0.3, 0.4) is 0 Å². The van der Waals surface area contributed by atoms with Gasteiger partial charge in [-0.1, -0.05) is 25.3 Å². The second-order valence-electron chi connectivity index (χ2n) is 8.54. The van der Waals surface area contributed by atoms with E-state index in [-0.39, 0.29) is 23.7 Å². The van der Waals surface area contributed by atoms with Gasteiger partial charge in [-0.3, -0.25) is 0 Å². The van der Waals surface area contributed by atoms with Crippen LogP contribution in [-0.2, 0) is 6.18 Å². The highest BCUT2D eigenvalue weighted by molar-refractivity contribution is 6.00. The lowest BCUT2D eigenvalue weighted by atomic mass is 10.1. The van der Waals surface area contributed by atoms with Gasteiger partial charge in [-0.15, -0.1) is 0 Å². The van der Waals surface area contributed by atoms with Crippen molar-refractivity contribution in [3.63, 3.8) is 0 Å². The van der Waals surface area contributed by atoms with E-state index >= 15 is 0 Å². The molecular weight excluding hydrogens is 488 g/mol. The molecule has 196 valence electrons. The third-order valence-electron chi connectivity index (χ3n) is 6.37. The number of halogens is 4. The van der Waals surface area contributed by atoms with Crippen LogP contribution in [0.4, 0.5) is 28.9 Å². The average Bonchev–Trinajstić information content (AvgIpc) is 2.91. The van der Waals surface area contributed by atoms with Gasteiger partial charge in [-0.05, 0) is 30.3 Å². The number of anilines is 2. The van der Waals surface area contributed by atoms with Crippen molar-refractivity contribution >= 4 is 17.3 Å². The maximum absolute atomic E-state index is 14.4. The number of methoxy groups -OCH3 is 2. The molecule has 6 nitrogen and oxygen atoms in total. The van der Waals surface area contributed by atoms with Gasteiger partial charge in [0, 0.05) is 43.5 Å². The molecule has 0 bridgehead atoms. The maximum atomic E-state index is 14.4. The van der Waals surface area contributed by atoms with Crippen LogP contribution in [0, 0.1) is 0 Å². The molecule has 4 rings (SSSR count). The van der Waals surface area contributed by atoms with E-state index < -0.39 is 17.6 Å². The zero-order valence-electron chi connectivity index (χ0n) is 20.7. The quantitative estimate of drug-likeness (QED) is 0.465. The normalized spacial score (nSPS) is 16.5. The van der Waals surface area contributed by atoms with E-state index in [0.29, 0.717) is 37.7 Å². The predicted molar refractivity (Wildman–Crippen MR) is 137 cm³/mol. The molecule has 2 aromatic carbocycles. The Morgan fingerprint density at radius 2 is 1.70 bits per heavy atom. The van der Waals surface area contributed by atoms with Gasteiger partial charge in [0.1, 0.15) is 23.0 Å². The fourth-order valence-electron chi connectivity index (χ4n) is 4.43.